The fourth-order valence-electron chi connectivity index (χ4n) is 5.56. The van der Waals surface area contributed by atoms with Gasteiger partial charge in [-0.3, -0.25) is 4.90 Å². The van der Waals surface area contributed by atoms with E-state index in [-0.39, 0.29) is 0 Å². The number of phenolic OH excluding ortho intramolecular Hbond substituents is 1. The molecule has 2 aromatic rings. The van der Waals surface area contributed by atoms with Crippen LogP contribution in [0.3, 0.4) is 0 Å². The van der Waals surface area contributed by atoms with Crippen molar-refractivity contribution in [1.82, 2.24) is 4.90 Å². The summed E-state index contributed by atoms with van der Waals surface area (Å²) in [6.07, 6.45) is 7.60. The van der Waals surface area contributed by atoms with Gasteiger partial charge in [0, 0.05) is 35.5 Å². The average molecular weight is 311 g/mol. The lowest BCUT2D eigenvalue weighted by Crippen LogP contribution is -2.55. The molecule has 3 fully saturated rings. The third kappa shape index (κ3) is 1.99. The Labute approximate surface area is 137 Å². The van der Waals surface area contributed by atoms with Crippen molar-refractivity contribution >= 4 is 11.0 Å². The number of hydrogen-bond acceptors (Lipinski definition) is 3. The summed E-state index contributed by atoms with van der Waals surface area (Å²) < 4.78 is 6.35. The lowest BCUT2D eigenvalue weighted by molar-refractivity contribution is -0.00332. The van der Waals surface area contributed by atoms with Crippen molar-refractivity contribution in [3.8, 4) is 5.75 Å². The number of benzene rings is 1. The summed E-state index contributed by atoms with van der Waals surface area (Å²) in [6, 6.07) is 6.90. The van der Waals surface area contributed by atoms with Gasteiger partial charge in [0.15, 0.2) is 0 Å². The molecule has 1 saturated carbocycles. The Bertz CT molecular complexity index is 749. The molecule has 4 aliphatic rings. The van der Waals surface area contributed by atoms with Crippen LogP contribution in [0.15, 0.2) is 22.6 Å². The first-order valence-electron chi connectivity index (χ1n) is 9.24. The molecule has 1 aromatic carbocycles. The standard InChI is InChI=1S/C20H25NO2/c1-2-3-13-9-16-15-10-14(22)5-7-19(15)23-20(16)17-8-12-4-6-18(17)21(13)11-12/h5,7,10,12-13,17-18,22H,2-4,6,8-9,11H2,1H3/t12-,13+,17+,18?/m0/s1. The van der Waals surface area contributed by atoms with Crippen molar-refractivity contribution in [2.24, 2.45) is 5.92 Å². The fourth-order valence-corrected chi connectivity index (χ4v) is 5.56. The number of aromatic hydroxyl groups is 1. The van der Waals surface area contributed by atoms with Gasteiger partial charge in [0.1, 0.15) is 17.1 Å². The smallest absolute Gasteiger partial charge is 0.134 e. The van der Waals surface area contributed by atoms with Crippen molar-refractivity contribution in [3.63, 3.8) is 0 Å². The van der Waals surface area contributed by atoms with Gasteiger partial charge in [0.2, 0.25) is 0 Å². The SMILES string of the molecule is CCC[C@@H]1Cc2c(oc3ccc(O)cc23)[C@@H]2C[C@@H]3CCC2N1C3. The van der Waals surface area contributed by atoms with Gasteiger partial charge in [-0.05, 0) is 56.2 Å². The molecule has 1 aliphatic carbocycles. The van der Waals surface area contributed by atoms with Crippen LogP contribution >= 0.6 is 0 Å². The van der Waals surface area contributed by atoms with E-state index in [2.05, 4.69) is 11.8 Å². The van der Waals surface area contributed by atoms with Gasteiger partial charge in [0.05, 0.1) is 0 Å². The third-order valence-electron chi connectivity index (χ3n) is 6.49. The van der Waals surface area contributed by atoms with Gasteiger partial charge in [0.25, 0.3) is 0 Å². The summed E-state index contributed by atoms with van der Waals surface area (Å²) in [5.74, 6) is 3.00. The molecule has 0 spiro atoms. The zero-order valence-corrected chi connectivity index (χ0v) is 13.8. The second kappa shape index (κ2) is 5.01. The monoisotopic (exact) mass is 311 g/mol. The van der Waals surface area contributed by atoms with Crippen LogP contribution in [0.2, 0.25) is 0 Å². The van der Waals surface area contributed by atoms with E-state index in [1.54, 1.807) is 6.07 Å². The zero-order chi connectivity index (χ0) is 15.6. The minimum absolute atomic E-state index is 0.349. The van der Waals surface area contributed by atoms with Crippen molar-refractivity contribution in [3.05, 3.63) is 29.5 Å². The van der Waals surface area contributed by atoms with Gasteiger partial charge < -0.3 is 9.52 Å². The van der Waals surface area contributed by atoms with Gasteiger partial charge in [-0.2, -0.15) is 0 Å². The first kappa shape index (κ1) is 13.9. The van der Waals surface area contributed by atoms with E-state index in [1.807, 2.05) is 12.1 Å². The largest absolute Gasteiger partial charge is 0.508 e. The molecular formula is C20H25NO2. The average Bonchev–Trinajstić information content (AvgIpc) is 2.88. The van der Waals surface area contributed by atoms with Crippen molar-refractivity contribution < 1.29 is 9.52 Å². The quantitative estimate of drug-likeness (QED) is 0.891. The topological polar surface area (TPSA) is 36.6 Å². The molecular weight excluding hydrogens is 286 g/mol. The number of rotatable bonds is 2. The first-order valence-corrected chi connectivity index (χ1v) is 9.24. The van der Waals surface area contributed by atoms with E-state index in [1.165, 1.54) is 50.0 Å². The van der Waals surface area contributed by atoms with E-state index in [0.717, 1.165) is 23.3 Å². The van der Waals surface area contributed by atoms with E-state index in [4.69, 9.17) is 4.42 Å². The summed E-state index contributed by atoms with van der Waals surface area (Å²) in [5.41, 5.74) is 2.34. The Balaban J connectivity index is 1.69. The summed E-state index contributed by atoms with van der Waals surface area (Å²) in [4.78, 5) is 2.82. The van der Waals surface area contributed by atoms with Crippen molar-refractivity contribution in [1.29, 1.82) is 0 Å². The normalized spacial score (nSPS) is 35.3. The molecule has 1 N–H and O–H groups in total. The molecule has 2 saturated heterocycles. The lowest BCUT2D eigenvalue weighted by atomic mass is 9.71. The van der Waals surface area contributed by atoms with Gasteiger partial charge in [-0.15, -0.1) is 0 Å². The molecule has 2 unspecified atom stereocenters. The minimum atomic E-state index is 0.349. The highest BCUT2D eigenvalue weighted by atomic mass is 16.3. The highest BCUT2D eigenvalue weighted by molar-refractivity contribution is 5.84. The molecule has 1 aromatic heterocycles. The van der Waals surface area contributed by atoms with Gasteiger partial charge >= 0.3 is 0 Å². The van der Waals surface area contributed by atoms with E-state index in [9.17, 15) is 5.11 Å². The van der Waals surface area contributed by atoms with Crippen molar-refractivity contribution in [2.45, 2.75) is 63.5 Å². The van der Waals surface area contributed by atoms with Crippen LogP contribution < -0.4 is 0 Å². The van der Waals surface area contributed by atoms with Crippen LogP contribution in [0.4, 0.5) is 0 Å². The molecule has 4 heterocycles. The van der Waals surface area contributed by atoms with Gasteiger partial charge in [-0.25, -0.2) is 0 Å². The van der Waals surface area contributed by atoms with Crippen molar-refractivity contribution in [2.75, 3.05) is 6.54 Å². The molecule has 3 heteroatoms. The molecule has 6 rings (SSSR count). The highest BCUT2D eigenvalue weighted by Crippen LogP contribution is 2.50. The summed E-state index contributed by atoms with van der Waals surface area (Å²) in [5, 5.41) is 11.1. The van der Waals surface area contributed by atoms with E-state index < -0.39 is 0 Å². The number of phenols is 1. The van der Waals surface area contributed by atoms with Crippen LogP contribution in [-0.4, -0.2) is 28.6 Å². The van der Waals surface area contributed by atoms with Crippen LogP contribution in [-0.2, 0) is 6.42 Å². The molecule has 5 atom stereocenters. The first-order chi connectivity index (χ1) is 11.2. The number of hydrogen-bond donors (Lipinski definition) is 1. The number of furan rings is 1. The van der Waals surface area contributed by atoms with Crippen LogP contribution in [0, 0.1) is 5.92 Å². The highest BCUT2D eigenvalue weighted by Gasteiger charge is 2.48. The molecule has 3 nitrogen and oxygen atoms in total. The predicted molar refractivity (Wildman–Crippen MR) is 90.9 cm³/mol. The Morgan fingerprint density at radius 1 is 1.30 bits per heavy atom. The van der Waals surface area contributed by atoms with Crippen LogP contribution in [0.5, 0.6) is 5.75 Å². The maximum Gasteiger partial charge on any atom is 0.134 e. The molecule has 4 bridgehead atoms. The number of piperidine rings is 2. The maximum absolute atomic E-state index is 9.93. The number of fused-ring (bicyclic) bond motifs is 4. The van der Waals surface area contributed by atoms with E-state index >= 15 is 0 Å². The summed E-state index contributed by atoms with van der Waals surface area (Å²) >= 11 is 0. The Morgan fingerprint density at radius 3 is 3.04 bits per heavy atom. The molecule has 3 aliphatic heterocycles. The Morgan fingerprint density at radius 2 is 2.22 bits per heavy atom. The fraction of sp³-hybridized carbons (Fsp3) is 0.600. The second-order valence-electron chi connectivity index (χ2n) is 7.82. The lowest BCUT2D eigenvalue weighted by Gasteiger charge is -2.51. The zero-order valence-electron chi connectivity index (χ0n) is 13.8. The summed E-state index contributed by atoms with van der Waals surface area (Å²) in [7, 11) is 0. The number of nitrogens with zero attached hydrogens (tertiary/aromatic N) is 1. The maximum atomic E-state index is 9.93. The van der Waals surface area contributed by atoms with E-state index in [0.29, 0.717) is 23.8 Å². The third-order valence-corrected chi connectivity index (χ3v) is 6.49. The molecule has 0 amide bonds. The van der Waals surface area contributed by atoms with Crippen LogP contribution in [0.25, 0.3) is 11.0 Å². The predicted octanol–water partition coefficient (Wildman–Crippen LogP) is 4.43. The Hall–Kier alpha value is -1.48. The summed E-state index contributed by atoms with van der Waals surface area (Å²) in [6.45, 7) is 3.59. The van der Waals surface area contributed by atoms with Gasteiger partial charge in [-0.1, -0.05) is 13.3 Å². The molecule has 0 radical (unpaired) electrons. The molecule has 122 valence electrons. The minimum Gasteiger partial charge on any atom is -0.508 e. The Kier molecular flexibility index (Phi) is 3.03. The second-order valence-corrected chi connectivity index (χ2v) is 7.82. The van der Waals surface area contributed by atoms with Crippen LogP contribution in [0.1, 0.15) is 56.3 Å². The molecule has 23 heavy (non-hydrogen) atoms.